The van der Waals surface area contributed by atoms with Gasteiger partial charge in [0, 0.05) is 18.0 Å². The largest absolute Gasteiger partial charge is 0.235 e. The molecule has 1 aromatic carbocycles. The van der Waals surface area contributed by atoms with Crippen LogP contribution in [-0.2, 0) is 15.6 Å². The Morgan fingerprint density at radius 1 is 1.20 bits per heavy atom. The third-order valence-corrected chi connectivity index (χ3v) is 4.72. The first-order valence-electron chi connectivity index (χ1n) is 5.83. The monoisotopic (exact) mass is 307 g/mol. The minimum atomic E-state index is -3.44. The van der Waals surface area contributed by atoms with Crippen LogP contribution in [0.25, 0.3) is 5.65 Å². The molecule has 0 amide bonds. The summed E-state index contributed by atoms with van der Waals surface area (Å²) in [5.41, 5.74) is 1.02. The van der Waals surface area contributed by atoms with Crippen molar-refractivity contribution in [1.82, 2.24) is 14.6 Å². The van der Waals surface area contributed by atoms with E-state index >= 15 is 0 Å². The van der Waals surface area contributed by atoms with Gasteiger partial charge in [-0.05, 0) is 18.2 Å². The number of sulfone groups is 1. The molecule has 102 valence electrons. The fraction of sp³-hybridized carbons (Fsp3) is 0.0769. The van der Waals surface area contributed by atoms with Crippen molar-refractivity contribution in [3.05, 3.63) is 59.5 Å². The molecule has 0 saturated heterocycles. The number of fused-ring (bicyclic) bond motifs is 1. The second-order valence-electron chi connectivity index (χ2n) is 4.26. The van der Waals surface area contributed by atoms with Crippen LogP contribution in [0, 0.1) is 0 Å². The molecule has 0 aliphatic carbocycles. The zero-order chi connectivity index (χ0) is 14.2. The maximum absolute atomic E-state index is 12.4. The van der Waals surface area contributed by atoms with E-state index in [1.54, 1.807) is 42.7 Å². The van der Waals surface area contributed by atoms with Gasteiger partial charge in [-0.25, -0.2) is 17.9 Å². The van der Waals surface area contributed by atoms with Gasteiger partial charge >= 0.3 is 0 Å². The van der Waals surface area contributed by atoms with Crippen LogP contribution in [0.2, 0.25) is 5.15 Å². The number of rotatable bonds is 3. The molecule has 0 aliphatic rings. The highest BCUT2D eigenvalue weighted by Gasteiger charge is 2.18. The smallest absolute Gasteiger partial charge is 0.182 e. The molecule has 0 saturated carbocycles. The van der Waals surface area contributed by atoms with Gasteiger partial charge in [-0.2, -0.15) is 5.10 Å². The van der Waals surface area contributed by atoms with E-state index in [0.29, 0.717) is 11.2 Å². The van der Waals surface area contributed by atoms with Gasteiger partial charge in [0.1, 0.15) is 5.15 Å². The minimum absolute atomic E-state index is 0.167. The summed E-state index contributed by atoms with van der Waals surface area (Å²) in [6, 6.07) is 9.83. The molecule has 0 bridgehead atoms. The first kappa shape index (κ1) is 13.1. The molecule has 0 spiro atoms. The van der Waals surface area contributed by atoms with Crippen LogP contribution in [0.1, 0.15) is 5.56 Å². The normalized spacial score (nSPS) is 11.8. The third-order valence-electron chi connectivity index (χ3n) is 2.85. The highest BCUT2D eigenvalue weighted by molar-refractivity contribution is 7.90. The highest BCUT2D eigenvalue weighted by atomic mass is 35.5. The Hall–Kier alpha value is -1.92. The average molecular weight is 308 g/mol. The summed E-state index contributed by atoms with van der Waals surface area (Å²) < 4.78 is 26.2. The van der Waals surface area contributed by atoms with E-state index in [0.717, 1.165) is 0 Å². The van der Waals surface area contributed by atoms with Gasteiger partial charge in [-0.1, -0.05) is 29.8 Å². The van der Waals surface area contributed by atoms with Crippen molar-refractivity contribution in [2.24, 2.45) is 0 Å². The Bertz CT molecular complexity index is 860. The van der Waals surface area contributed by atoms with Gasteiger partial charge in [0.05, 0.1) is 10.6 Å². The third kappa shape index (κ3) is 2.39. The zero-order valence-corrected chi connectivity index (χ0v) is 11.8. The molecule has 3 rings (SSSR count). The van der Waals surface area contributed by atoms with E-state index in [2.05, 4.69) is 10.1 Å². The van der Waals surface area contributed by atoms with Crippen LogP contribution >= 0.6 is 11.6 Å². The predicted octanol–water partition coefficient (Wildman–Crippen LogP) is 2.36. The van der Waals surface area contributed by atoms with E-state index in [-0.39, 0.29) is 15.8 Å². The van der Waals surface area contributed by atoms with Crippen molar-refractivity contribution < 1.29 is 8.42 Å². The van der Waals surface area contributed by atoms with Crippen LogP contribution in [0.15, 0.2) is 53.7 Å². The molecule has 0 radical (unpaired) electrons. The fourth-order valence-electron chi connectivity index (χ4n) is 1.97. The second-order valence-corrected chi connectivity index (χ2v) is 6.64. The van der Waals surface area contributed by atoms with Crippen molar-refractivity contribution in [2.45, 2.75) is 10.6 Å². The summed E-state index contributed by atoms with van der Waals surface area (Å²) >= 11 is 5.90. The Kier molecular flexibility index (Phi) is 3.19. The van der Waals surface area contributed by atoms with Gasteiger partial charge in [-0.3, -0.25) is 0 Å². The van der Waals surface area contributed by atoms with Gasteiger partial charge < -0.3 is 0 Å². The van der Waals surface area contributed by atoms with Crippen molar-refractivity contribution in [2.75, 3.05) is 0 Å². The lowest BCUT2D eigenvalue weighted by atomic mass is 10.3. The van der Waals surface area contributed by atoms with E-state index in [1.165, 1.54) is 10.6 Å². The molecule has 0 N–H and O–H groups in total. The lowest BCUT2D eigenvalue weighted by Crippen LogP contribution is -2.07. The van der Waals surface area contributed by atoms with E-state index in [4.69, 9.17) is 11.6 Å². The van der Waals surface area contributed by atoms with Gasteiger partial charge in [0.25, 0.3) is 0 Å². The molecule has 5 nitrogen and oxygen atoms in total. The summed E-state index contributed by atoms with van der Waals surface area (Å²) in [7, 11) is -3.44. The first-order valence-corrected chi connectivity index (χ1v) is 7.86. The van der Waals surface area contributed by atoms with Crippen molar-refractivity contribution >= 4 is 27.1 Å². The van der Waals surface area contributed by atoms with Crippen molar-refractivity contribution in [1.29, 1.82) is 0 Å². The lowest BCUT2D eigenvalue weighted by molar-refractivity contribution is 0.595. The van der Waals surface area contributed by atoms with Gasteiger partial charge in [0.15, 0.2) is 15.5 Å². The molecular weight excluding hydrogens is 298 g/mol. The predicted molar refractivity (Wildman–Crippen MR) is 75.3 cm³/mol. The lowest BCUT2D eigenvalue weighted by Gasteiger charge is -2.06. The van der Waals surface area contributed by atoms with E-state index in [1.807, 2.05) is 0 Å². The molecule has 20 heavy (non-hydrogen) atoms. The average Bonchev–Trinajstić information content (AvgIpc) is 2.87. The van der Waals surface area contributed by atoms with Crippen molar-refractivity contribution in [3.8, 4) is 0 Å². The quantitative estimate of drug-likeness (QED) is 0.745. The SMILES string of the molecule is O=S(=O)(Cc1cc(Cl)nn2ccnc12)c1ccccc1. The maximum Gasteiger partial charge on any atom is 0.182 e. The molecule has 2 heterocycles. The fourth-order valence-corrected chi connectivity index (χ4v) is 3.54. The molecule has 3 aromatic rings. The number of imidazole rings is 1. The molecule has 0 aliphatic heterocycles. The number of hydrogen-bond acceptors (Lipinski definition) is 4. The standard InChI is InChI=1S/C13H10ClN3O2S/c14-12-8-10(13-15-6-7-17(13)16-12)9-20(18,19)11-4-2-1-3-5-11/h1-8H,9H2. The number of aromatic nitrogens is 3. The van der Waals surface area contributed by atoms with Crippen LogP contribution < -0.4 is 0 Å². The molecule has 0 unspecified atom stereocenters. The first-order chi connectivity index (χ1) is 9.56. The molecule has 0 atom stereocenters. The number of halogens is 1. The molecule has 0 fully saturated rings. The summed E-state index contributed by atoms with van der Waals surface area (Å²) in [5, 5.41) is 4.25. The van der Waals surface area contributed by atoms with Crippen LogP contribution in [0.4, 0.5) is 0 Å². The summed E-state index contributed by atoms with van der Waals surface area (Å²) in [4.78, 5) is 4.39. The summed E-state index contributed by atoms with van der Waals surface area (Å²) in [6.45, 7) is 0. The van der Waals surface area contributed by atoms with Crippen LogP contribution in [-0.4, -0.2) is 23.0 Å². The molecular formula is C13H10ClN3O2S. The highest BCUT2D eigenvalue weighted by Crippen LogP contribution is 2.20. The second kappa shape index (κ2) is 4.88. The Morgan fingerprint density at radius 2 is 1.95 bits per heavy atom. The number of nitrogens with zero attached hydrogens (tertiary/aromatic N) is 3. The minimum Gasteiger partial charge on any atom is -0.235 e. The number of benzene rings is 1. The zero-order valence-electron chi connectivity index (χ0n) is 10.3. The van der Waals surface area contributed by atoms with Crippen LogP contribution in [0.5, 0.6) is 0 Å². The van der Waals surface area contributed by atoms with Gasteiger partial charge in [0.2, 0.25) is 0 Å². The topological polar surface area (TPSA) is 64.3 Å². The number of hydrogen-bond donors (Lipinski definition) is 0. The Balaban J connectivity index is 2.07. The maximum atomic E-state index is 12.4. The Labute approximate surface area is 120 Å². The molecule has 7 heteroatoms. The van der Waals surface area contributed by atoms with E-state index in [9.17, 15) is 8.42 Å². The van der Waals surface area contributed by atoms with Gasteiger partial charge in [-0.15, -0.1) is 0 Å². The summed E-state index contributed by atoms with van der Waals surface area (Å²) in [6.07, 6.45) is 3.18. The van der Waals surface area contributed by atoms with Crippen molar-refractivity contribution in [3.63, 3.8) is 0 Å². The van der Waals surface area contributed by atoms with Crippen LogP contribution in [0.3, 0.4) is 0 Å². The van der Waals surface area contributed by atoms with E-state index < -0.39 is 9.84 Å². The molecule has 2 aromatic heterocycles. The Morgan fingerprint density at radius 3 is 2.70 bits per heavy atom. The summed E-state index contributed by atoms with van der Waals surface area (Å²) in [5.74, 6) is -0.167.